The number of benzene rings is 2. The fraction of sp³-hybridized carbons (Fsp3) is 0.286. The van der Waals surface area contributed by atoms with Crippen LogP contribution in [0.25, 0.3) is 6.08 Å². The number of ketones is 1. The predicted octanol–water partition coefficient (Wildman–Crippen LogP) is 1.87. The van der Waals surface area contributed by atoms with Gasteiger partial charge in [-0.05, 0) is 42.3 Å². The normalized spacial score (nSPS) is 18.6. The number of hydrogen-bond donors (Lipinski definition) is 2. The summed E-state index contributed by atoms with van der Waals surface area (Å²) in [6, 6.07) is 7.59. The minimum atomic E-state index is -0.377. The number of aryl methyl sites for hydroxylation is 1. The quantitative estimate of drug-likeness (QED) is 0.810. The second kappa shape index (κ2) is 7.13. The predicted molar refractivity (Wildman–Crippen MR) is 97.4 cm³/mol. The molecule has 5 nitrogen and oxygen atoms in total. The maximum Gasteiger partial charge on any atom is 0.232 e. The van der Waals surface area contributed by atoms with Crippen LogP contribution in [0.1, 0.15) is 27.0 Å². The number of fused-ring (bicyclic) bond motifs is 1. The smallest absolute Gasteiger partial charge is 0.232 e. The number of halogens is 1. The van der Waals surface area contributed by atoms with Gasteiger partial charge in [0, 0.05) is 0 Å². The first kappa shape index (κ1) is 17.7. The fourth-order valence-corrected chi connectivity index (χ4v) is 3.59. The summed E-state index contributed by atoms with van der Waals surface area (Å²) in [5, 5.41) is 10.5. The molecule has 27 heavy (non-hydrogen) atoms. The largest absolute Gasteiger partial charge is 0.507 e. The number of ether oxygens (including phenoxy) is 2. The second-order valence-electron chi connectivity index (χ2n) is 6.93. The molecule has 2 aromatic carbocycles. The Morgan fingerprint density at radius 2 is 2.04 bits per heavy atom. The summed E-state index contributed by atoms with van der Waals surface area (Å²) in [5.74, 6) is 0.0643. The van der Waals surface area contributed by atoms with E-state index in [9.17, 15) is 14.3 Å². The Balaban J connectivity index is 1.71. The van der Waals surface area contributed by atoms with Crippen LogP contribution in [0.4, 0.5) is 4.39 Å². The van der Waals surface area contributed by atoms with E-state index in [1.54, 1.807) is 25.1 Å². The molecule has 0 bridgehead atoms. The van der Waals surface area contributed by atoms with Crippen molar-refractivity contribution in [2.75, 3.05) is 26.3 Å². The van der Waals surface area contributed by atoms with Gasteiger partial charge >= 0.3 is 0 Å². The van der Waals surface area contributed by atoms with E-state index < -0.39 is 0 Å². The molecule has 0 atom stereocenters. The number of carbonyl (C=O) groups excluding carboxylic acids is 1. The van der Waals surface area contributed by atoms with E-state index in [-0.39, 0.29) is 23.1 Å². The fourth-order valence-electron chi connectivity index (χ4n) is 3.59. The molecule has 2 aliphatic heterocycles. The molecular weight excluding hydrogens is 349 g/mol. The van der Waals surface area contributed by atoms with Crippen LogP contribution in [0.3, 0.4) is 0 Å². The van der Waals surface area contributed by atoms with E-state index in [2.05, 4.69) is 0 Å². The van der Waals surface area contributed by atoms with E-state index in [4.69, 9.17) is 9.47 Å². The molecule has 0 radical (unpaired) electrons. The molecule has 0 aliphatic carbocycles. The van der Waals surface area contributed by atoms with Crippen molar-refractivity contribution in [3.05, 3.63) is 64.2 Å². The van der Waals surface area contributed by atoms with Gasteiger partial charge in [0.15, 0.2) is 11.5 Å². The van der Waals surface area contributed by atoms with Crippen LogP contribution in [0.15, 0.2) is 36.1 Å². The molecule has 2 heterocycles. The highest BCUT2D eigenvalue weighted by molar-refractivity contribution is 6.15. The zero-order valence-electron chi connectivity index (χ0n) is 15.0. The molecule has 0 amide bonds. The average molecular weight is 370 g/mol. The van der Waals surface area contributed by atoms with Crippen molar-refractivity contribution in [1.29, 1.82) is 0 Å². The van der Waals surface area contributed by atoms with Crippen molar-refractivity contribution < 1.29 is 28.7 Å². The van der Waals surface area contributed by atoms with Gasteiger partial charge in [-0.15, -0.1) is 0 Å². The highest BCUT2D eigenvalue weighted by Gasteiger charge is 2.34. The van der Waals surface area contributed by atoms with Crippen LogP contribution < -0.4 is 9.64 Å². The number of carbonyl (C=O) groups is 1. The number of morpholine rings is 1. The highest BCUT2D eigenvalue weighted by atomic mass is 19.1. The molecule has 2 aliphatic rings. The van der Waals surface area contributed by atoms with Crippen LogP contribution in [0.2, 0.25) is 0 Å². The van der Waals surface area contributed by atoms with Crippen molar-refractivity contribution in [3.8, 4) is 11.5 Å². The van der Waals surface area contributed by atoms with E-state index in [1.165, 1.54) is 23.1 Å². The van der Waals surface area contributed by atoms with Gasteiger partial charge in [-0.25, -0.2) is 4.39 Å². The van der Waals surface area contributed by atoms with E-state index >= 15 is 0 Å². The Morgan fingerprint density at radius 3 is 2.78 bits per heavy atom. The lowest BCUT2D eigenvalue weighted by atomic mass is 9.99. The molecule has 1 saturated heterocycles. The third kappa shape index (κ3) is 3.46. The van der Waals surface area contributed by atoms with Crippen LogP contribution in [-0.2, 0) is 11.3 Å². The summed E-state index contributed by atoms with van der Waals surface area (Å²) in [6.07, 6.45) is 1.53. The minimum Gasteiger partial charge on any atom is -0.507 e. The molecule has 140 valence electrons. The standard InChI is InChI=1S/C21H20FNO4/c1-13-9-17(24)16(12-23-5-7-26-8-6-23)21-19(13)20(25)18(27-21)11-14-3-2-4-15(22)10-14/h2-4,9-11,24H,5-8,12H2,1H3/p+1/b18-11-. The van der Waals surface area contributed by atoms with Crippen molar-refractivity contribution in [3.63, 3.8) is 0 Å². The number of hydrogen-bond acceptors (Lipinski definition) is 4. The molecule has 0 unspecified atom stereocenters. The van der Waals surface area contributed by atoms with Gasteiger partial charge < -0.3 is 19.5 Å². The third-order valence-electron chi connectivity index (χ3n) is 4.99. The van der Waals surface area contributed by atoms with Gasteiger partial charge in [0.1, 0.15) is 31.2 Å². The summed E-state index contributed by atoms with van der Waals surface area (Å²) >= 11 is 0. The Hall–Kier alpha value is -2.70. The van der Waals surface area contributed by atoms with Gasteiger partial charge in [0.05, 0.1) is 24.3 Å². The molecule has 0 spiro atoms. The van der Waals surface area contributed by atoms with Gasteiger partial charge in [-0.3, -0.25) is 4.79 Å². The molecule has 0 aromatic heterocycles. The Bertz CT molecular complexity index is 932. The van der Waals surface area contributed by atoms with Gasteiger partial charge in [0.2, 0.25) is 5.78 Å². The number of nitrogens with one attached hydrogen (secondary N) is 1. The lowest BCUT2D eigenvalue weighted by Crippen LogP contribution is -3.12. The zero-order chi connectivity index (χ0) is 19.0. The molecule has 2 aromatic rings. The third-order valence-corrected chi connectivity index (χ3v) is 4.99. The lowest BCUT2D eigenvalue weighted by molar-refractivity contribution is -0.921. The Labute approximate surface area is 156 Å². The van der Waals surface area contributed by atoms with Gasteiger partial charge in [-0.1, -0.05) is 12.1 Å². The van der Waals surface area contributed by atoms with Crippen molar-refractivity contribution in [2.45, 2.75) is 13.5 Å². The first-order valence-corrected chi connectivity index (χ1v) is 8.99. The van der Waals surface area contributed by atoms with Gasteiger partial charge in [0.25, 0.3) is 0 Å². The Morgan fingerprint density at radius 1 is 1.26 bits per heavy atom. The average Bonchev–Trinajstić information content (AvgIpc) is 2.96. The summed E-state index contributed by atoms with van der Waals surface area (Å²) in [6.45, 7) is 5.35. The summed E-state index contributed by atoms with van der Waals surface area (Å²) in [4.78, 5) is 14.1. The van der Waals surface area contributed by atoms with E-state index in [1.807, 2.05) is 0 Å². The van der Waals surface area contributed by atoms with Crippen molar-refractivity contribution >= 4 is 11.9 Å². The van der Waals surface area contributed by atoms with Crippen LogP contribution in [-0.4, -0.2) is 37.2 Å². The molecule has 6 heteroatoms. The summed E-state index contributed by atoms with van der Waals surface area (Å²) < 4.78 is 24.7. The molecule has 1 fully saturated rings. The number of Topliss-reactive ketones (excluding diaryl/α,β-unsaturated/α-hetero) is 1. The first-order chi connectivity index (χ1) is 13.0. The monoisotopic (exact) mass is 370 g/mol. The van der Waals surface area contributed by atoms with Gasteiger partial charge in [-0.2, -0.15) is 0 Å². The van der Waals surface area contributed by atoms with Crippen LogP contribution >= 0.6 is 0 Å². The molecule has 2 N–H and O–H groups in total. The highest BCUT2D eigenvalue weighted by Crippen LogP contribution is 2.41. The first-order valence-electron chi connectivity index (χ1n) is 8.99. The number of allylic oxidation sites excluding steroid dienone is 1. The molecule has 0 saturated carbocycles. The van der Waals surface area contributed by atoms with Crippen LogP contribution in [0, 0.1) is 12.7 Å². The van der Waals surface area contributed by atoms with E-state index in [0.29, 0.717) is 47.8 Å². The summed E-state index contributed by atoms with van der Waals surface area (Å²) in [7, 11) is 0. The van der Waals surface area contributed by atoms with Crippen LogP contribution in [0.5, 0.6) is 11.5 Å². The zero-order valence-corrected chi connectivity index (χ0v) is 15.0. The summed E-state index contributed by atoms with van der Waals surface area (Å²) in [5.41, 5.74) is 2.31. The second-order valence-corrected chi connectivity index (χ2v) is 6.93. The molecular formula is C21H21FNO4+. The Kier molecular flexibility index (Phi) is 4.68. The maximum atomic E-state index is 13.4. The topological polar surface area (TPSA) is 60.2 Å². The number of rotatable bonds is 3. The number of phenols is 1. The van der Waals surface area contributed by atoms with E-state index in [0.717, 1.165) is 13.1 Å². The lowest BCUT2D eigenvalue weighted by Gasteiger charge is -2.24. The minimum absolute atomic E-state index is 0.130. The van der Waals surface area contributed by atoms with Crippen molar-refractivity contribution in [2.24, 2.45) is 0 Å². The maximum absolute atomic E-state index is 13.4. The van der Waals surface area contributed by atoms with Crippen molar-refractivity contribution in [1.82, 2.24) is 0 Å². The number of quaternary nitrogens is 1. The number of aromatic hydroxyl groups is 1. The number of phenolic OH excluding ortho intramolecular Hbond substituents is 1. The SMILES string of the molecule is Cc1cc(O)c(C[NH+]2CCOCC2)c2c1C(=O)/C(=C/c1cccc(F)c1)O2. The molecule has 4 rings (SSSR count).